The topological polar surface area (TPSA) is 60.7 Å². The number of benzene rings is 2. The van der Waals surface area contributed by atoms with Crippen molar-refractivity contribution >= 4 is 5.78 Å². The summed E-state index contributed by atoms with van der Waals surface area (Å²) in [6.07, 6.45) is 2.84. The number of nitrogens with zero attached hydrogens (tertiary/aromatic N) is 4. The van der Waals surface area contributed by atoms with Crippen LogP contribution in [0.3, 0.4) is 0 Å². The van der Waals surface area contributed by atoms with Gasteiger partial charge in [-0.2, -0.15) is 0 Å². The average Bonchev–Trinajstić information content (AvgIpc) is 3.16. The predicted molar refractivity (Wildman–Crippen MR) is 97.6 cm³/mol. The summed E-state index contributed by atoms with van der Waals surface area (Å²) in [6.45, 7) is 6.24. The number of hydrogen-bond donors (Lipinski definition) is 0. The summed E-state index contributed by atoms with van der Waals surface area (Å²) in [7, 11) is 0. The molecule has 0 unspecified atom stereocenters. The van der Waals surface area contributed by atoms with Crippen LogP contribution in [0.5, 0.6) is 0 Å². The quantitative estimate of drug-likeness (QED) is 0.614. The second-order valence-electron chi connectivity index (χ2n) is 7.15. The Balaban J connectivity index is 2.06. The summed E-state index contributed by atoms with van der Waals surface area (Å²) in [5.41, 5.74) is 2.85. The first-order valence-electron chi connectivity index (χ1n) is 8.55. The van der Waals surface area contributed by atoms with Crippen molar-refractivity contribution in [2.24, 2.45) is 5.41 Å². The smallest absolute Gasteiger partial charge is 0.163 e. The fraction of sp³-hybridized carbons (Fsp3) is 0.300. The van der Waals surface area contributed by atoms with Crippen LogP contribution in [0, 0.1) is 11.2 Å². The van der Waals surface area contributed by atoms with Crippen LogP contribution in [0.4, 0.5) is 4.39 Å². The molecule has 134 valence electrons. The van der Waals surface area contributed by atoms with Gasteiger partial charge in [-0.1, -0.05) is 39.3 Å². The minimum absolute atomic E-state index is 0.0649. The van der Waals surface area contributed by atoms with Crippen LogP contribution in [0.25, 0.3) is 16.8 Å². The van der Waals surface area contributed by atoms with Crippen LogP contribution in [-0.4, -0.2) is 26.0 Å². The van der Waals surface area contributed by atoms with E-state index in [0.29, 0.717) is 17.7 Å². The van der Waals surface area contributed by atoms with Gasteiger partial charge in [0.15, 0.2) is 5.78 Å². The fourth-order valence-electron chi connectivity index (χ4n) is 2.65. The molecule has 3 rings (SSSR count). The third-order valence-electron chi connectivity index (χ3n) is 4.63. The van der Waals surface area contributed by atoms with Gasteiger partial charge in [-0.05, 0) is 57.3 Å². The highest BCUT2D eigenvalue weighted by atomic mass is 19.1. The standard InChI is InChI=1S/C20H21FN4O/c1-4-20(2,3)12-19(26)16-9-15(14-5-7-17(21)8-6-14)10-18(11-16)25-13-22-23-24-25/h5-11,13H,4,12H2,1-3H3. The largest absolute Gasteiger partial charge is 0.294 e. The number of carbonyl (C=O) groups is 1. The lowest BCUT2D eigenvalue weighted by molar-refractivity contribution is 0.0928. The lowest BCUT2D eigenvalue weighted by Crippen LogP contribution is -2.16. The lowest BCUT2D eigenvalue weighted by Gasteiger charge is -2.21. The molecule has 26 heavy (non-hydrogen) atoms. The molecule has 0 N–H and O–H groups in total. The van der Waals surface area contributed by atoms with Crippen LogP contribution in [0.2, 0.25) is 0 Å². The highest BCUT2D eigenvalue weighted by Crippen LogP contribution is 2.29. The molecule has 0 bridgehead atoms. The Morgan fingerprint density at radius 3 is 2.46 bits per heavy atom. The van der Waals surface area contributed by atoms with Crippen LogP contribution >= 0.6 is 0 Å². The van der Waals surface area contributed by atoms with Gasteiger partial charge in [0.25, 0.3) is 0 Å². The van der Waals surface area contributed by atoms with Gasteiger partial charge < -0.3 is 0 Å². The van der Waals surface area contributed by atoms with Crippen molar-refractivity contribution in [1.82, 2.24) is 20.2 Å². The Bertz CT molecular complexity index is 902. The summed E-state index contributed by atoms with van der Waals surface area (Å²) in [5, 5.41) is 11.2. The highest BCUT2D eigenvalue weighted by molar-refractivity contribution is 5.98. The van der Waals surface area contributed by atoms with Crippen molar-refractivity contribution in [2.45, 2.75) is 33.6 Å². The third-order valence-corrected chi connectivity index (χ3v) is 4.63. The van der Waals surface area contributed by atoms with E-state index in [0.717, 1.165) is 17.5 Å². The van der Waals surface area contributed by atoms with E-state index in [1.165, 1.54) is 23.1 Å². The number of hydrogen-bond acceptors (Lipinski definition) is 4. The van der Waals surface area contributed by atoms with Gasteiger partial charge in [-0.15, -0.1) is 5.10 Å². The van der Waals surface area contributed by atoms with Crippen molar-refractivity contribution in [1.29, 1.82) is 0 Å². The van der Waals surface area contributed by atoms with Crippen molar-refractivity contribution < 1.29 is 9.18 Å². The number of halogens is 1. The van der Waals surface area contributed by atoms with Crippen molar-refractivity contribution in [3.05, 3.63) is 60.2 Å². The fourth-order valence-corrected chi connectivity index (χ4v) is 2.65. The Morgan fingerprint density at radius 1 is 1.12 bits per heavy atom. The minimum Gasteiger partial charge on any atom is -0.294 e. The molecule has 3 aromatic rings. The molecule has 0 fully saturated rings. The predicted octanol–water partition coefficient (Wildman–Crippen LogP) is 4.48. The van der Waals surface area contributed by atoms with E-state index in [-0.39, 0.29) is 17.0 Å². The molecule has 0 saturated heterocycles. The molecule has 0 radical (unpaired) electrons. The van der Waals surface area contributed by atoms with Gasteiger partial charge in [-0.3, -0.25) is 4.79 Å². The number of ketones is 1. The van der Waals surface area contributed by atoms with Crippen molar-refractivity contribution in [2.75, 3.05) is 0 Å². The average molecular weight is 352 g/mol. The van der Waals surface area contributed by atoms with E-state index < -0.39 is 0 Å². The molecule has 0 amide bonds. The first-order valence-corrected chi connectivity index (χ1v) is 8.55. The van der Waals surface area contributed by atoms with Gasteiger partial charge >= 0.3 is 0 Å². The first-order chi connectivity index (χ1) is 12.4. The van der Waals surface area contributed by atoms with Gasteiger partial charge in [0.1, 0.15) is 12.1 Å². The van der Waals surface area contributed by atoms with Gasteiger partial charge in [0.2, 0.25) is 0 Å². The molecule has 1 aromatic heterocycles. The molecule has 1 heterocycles. The number of Topliss-reactive ketones (excluding diaryl/α,β-unsaturated/α-hetero) is 1. The van der Waals surface area contributed by atoms with Crippen LogP contribution in [0.15, 0.2) is 48.8 Å². The zero-order valence-electron chi connectivity index (χ0n) is 15.1. The minimum atomic E-state index is -0.300. The summed E-state index contributed by atoms with van der Waals surface area (Å²) in [6, 6.07) is 11.7. The molecular weight excluding hydrogens is 331 g/mol. The second kappa shape index (κ2) is 7.15. The molecule has 2 aromatic carbocycles. The lowest BCUT2D eigenvalue weighted by atomic mass is 9.83. The monoisotopic (exact) mass is 352 g/mol. The van der Waals surface area contributed by atoms with E-state index in [9.17, 15) is 9.18 Å². The summed E-state index contributed by atoms with van der Waals surface area (Å²) < 4.78 is 14.8. The highest BCUT2D eigenvalue weighted by Gasteiger charge is 2.21. The SMILES string of the molecule is CCC(C)(C)CC(=O)c1cc(-c2ccc(F)cc2)cc(-n2cnnn2)c1. The Hall–Kier alpha value is -2.89. The first kappa shape index (κ1) is 17.9. The molecule has 0 aliphatic carbocycles. The maximum atomic E-state index is 13.3. The number of tetrazole rings is 1. The van der Waals surface area contributed by atoms with E-state index >= 15 is 0 Å². The Kier molecular flexibility index (Phi) is 4.93. The summed E-state index contributed by atoms with van der Waals surface area (Å²) in [5.74, 6) is -0.235. The molecule has 0 spiro atoms. The van der Waals surface area contributed by atoms with Gasteiger partial charge in [0.05, 0.1) is 5.69 Å². The molecule has 0 aliphatic heterocycles. The summed E-state index contributed by atoms with van der Waals surface area (Å²) in [4.78, 5) is 12.9. The van der Waals surface area contributed by atoms with E-state index in [1.807, 2.05) is 12.1 Å². The molecule has 5 nitrogen and oxygen atoms in total. The van der Waals surface area contributed by atoms with Crippen molar-refractivity contribution in [3.8, 4) is 16.8 Å². The second-order valence-corrected chi connectivity index (χ2v) is 7.15. The van der Waals surface area contributed by atoms with Crippen LogP contribution in [0.1, 0.15) is 44.0 Å². The molecular formula is C20H21FN4O. The number of rotatable bonds is 6. The normalized spacial score (nSPS) is 11.5. The Labute approximate surface area is 151 Å². The molecule has 6 heteroatoms. The zero-order valence-corrected chi connectivity index (χ0v) is 15.1. The zero-order chi connectivity index (χ0) is 18.7. The molecule has 0 atom stereocenters. The molecule has 0 saturated carbocycles. The van der Waals surface area contributed by atoms with Gasteiger partial charge in [-0.25, -0.2) is 9.07 Å². The maximum Gasteiger partial charge on any atom is 0.163 e. The maximum absolute atomic E-state index is 13.3. The van der Waals surface area contributed by atoms with E-state index in [1.54, 1.807) is 18.2 Å². The molecule has 0 aliphatic rings. The number of aromatic nitrogens is 4. The van der Waals surface area contributed by atoms with E-state index in [2.05, 4.69) is 36.3 Å². The summed E-state index contributed by atoms with van der Waals surface area (Å²) >= 11 is 0. The van der Waals surface area contributed by atoms with Gasteiger partial charge in [0, 0.05) is 12.0 Å². The third kappa shape index (κ3) is 4.02. The number of carbonyl (C=O) groups excluding carboxylic acids is 1. The van der Waals surface area contributed by atoms with Crippen LogP contribution < -0.4 is 0 Å². The van der Waals surface area contributed by atoms with Crippen LogP contribution in [-0.2, 0) is 0 Å². The Morgan fingerprint density at radius 2 is 1.85 bits per heavy atom. The van der Waals surface area contributed by atoms with Crippen molar-refractivity contribution in [3.63, 3.8) is 0 Å². The van der Waals surface area contributed by atoms with E-state index in [4.69, 9.17) is 0 Å².